The molecule has 2 aromatic rings. The smallest absolute Gasteiger partial charge is 0.126 e. The van der Waals surface area contributed by atoms with E-state index >= 15 is 0 Å². The summed E-state index contributed by atoms with van der Waals surface area (Å²) in [5, 5.41) is 6.40. The number of hydrogen-bond donors (Lipinski definition) is 1. The van der Waals surface area contributed by atoms with E-state index in [4.69, 9.17) is 0 Å². The Kier molecular flexibility index (Phi) is 2.68. The van der Waals surface area contributed by atoms with E-state index in [1.807, 2.05) is 29.8 Å². The van der Waals surface area contributed by atoms with Gasteiger partial charge in [0.15, 0.2) is 0 Å². The highest BCUT2D eigenvalue weighted by Gasteiger charge is 2.23. The van der Waals surface area contributed by atoms with Gasteiger partial charge >= 0.3 is 0 Å². The second-order valence-corrected chi connectivity index (χ2v) is 4.70. The summed E-state index contributed by atoms with van der Waals surface area (Å²) in [5.74, 6) is 0.873. The van der Waals surface area contributed by atoms with E-state index in [-0.39, 0.29) is 5.54 Å². The van der Waals surface area contributed by atoms with Crippen molar-refractivity contribution in [1.29, 1.82) is 0 Å². The molecule has 0 saturated heterocycles. The van der Waals surface area contributed by atoms with Gasteiger partial charge in [-0.3, -0.25) is 0 Å². The van der Waals surface area contributed by atoms with Crippen LogP contribution in [0.15, 0.2) is 36.0 Å². The predicted octanol–water partition coefficient (Wildman–Crippen LogP) is 2.89. The van der Waals surface area contributed by atoms with Crippen molar-refractivity contribution < 1.29 is 0 Å². The second-order valence-electron chi connectivity index (χ2n) is 3.80. The Morgan fingerprint density at radius 1 is 1.20 bits per heavy atom. The highest BCUT2D eigenvalue weighted by Crippen LogP contribution is 2.25. The van der Waals surface area contributed by atoms with Crippen LogP contribution in [0.3, 0.4) is 0 Å². The Bertz CT molecular complexity index is 409. The first-order valence-electron chi connectivity index (χ1n) is 4.78. The fourth-order valence-electron chi connectivity index (χ4n) is 1.34. The summed E-state index contributed by atoms with van der Waals surface area (Å²) >= 11 is 1.65. The molecule has 2 rings (SSSR count). The van der Waals surface area contributed by atoms with Crippen molar-refractivity contribution in [2.24, 2.45) is 0 Å². The zero-order chi connectivity index (χ0) is 10.7. The van der Waals surface area contributed by atoms with Crippen LogP contribution in [0.2, 0.25) is 0 Å². The molecule has 3 nitrogen and oxygen atoms in total. The van der Waals surface area contributed by atoms with Gasteiger partial charge in [-0.25, -0.2) is 9.97 Å². The van der Waals surface area contributed by atoms with Crippen LogP contribution in [-0.2, 0) is 5.54 Å². The van der Waals surface area contributed by atoms with Crippen LogP contribution in [0.1, 0.15) is 18.9 Å². The van der Waals surface area contributed by atoms with E-state index in [1.165, 1.54) is 0 Å². The Balaban J connectivity index is 2.18. The number of nitrogens with zero attached hydrogens (tertiary/aromatic N) is 2. The number of aromatic nitrogens is 2. The van der Waals surface area contributed by atoms with Gasteiger partial charge in [-0.2, -0.15) is 0 Å². The minimum absolute atomic E-state index is 0.178. The summed E-state index contributed by atoms with van der Waals surface area (Å²) in [6.07, 6.45) is 3.60. The van der Waals surface area contributed by atoms with Gasteiger partial charge in [0.2, 0.25) is 0 Å². The summed E-state index contributed by atoms with van der Waals surface area (Å²) in [4.78, 5) is 8.55. The van der Waals surface area contributed by atoms with Crippen molar-refractivity contribution >= 4 is 17.2 Å². The fraction of sp³-hybridized carbons (Fsp3) is 0.273. The molecule has 0 aromatic carbocycles. The van der Waals surface area contributed by atoms with Gasteiger partial charge in [-0.1, -0.05) is 6.07 Å². The monoisotopic (exact) mass is 219 g/mol. The lowest BCUT2D eigenvalue weighted by atomic mass is 10.1. The Morgan fingerprint density at radius 3 is 2.67 bits per heavy atom. The second kappa shape index (κ2) is 3.98. The maximum atomic E-state index is 4.31. The molecule has 2 heterocycles. The number of anilines is 1. The van der Waals surface area contributed by atoms with Crippen molar-refractivity contribution in [2.75, 3.05) is 5.32 Å². The van der Waals surface area contributed by atoms with Crippen LogP contribution in [0, 0.1) is 0 Å². The van der Waals surface area contributed by atoms with Crippen LogP contribution in [0.25, 0.3) is 0 Å². The average molecular weight is 219 g/mol. The summed E-state index contributed by atoms with van der Waals surface area (Å²) < 4.78 is 0. The summed E-state index contributed by atoms with van der Waals surface area (Å²) in [6, 6.07) is 5.82. The first kappa shape index (κ1) is 10.1. The molecule has 0 bridgehead atoms. The lowest BCUT2D eigenvalue weighted by molar-refractivity contribution is 0.601. The maximum Gasteiger partial charge on any atom is 0.126 e. The third-order valence-electron chi connectivity index (χ3n) is 2.07. The van der Waals surface area contributed by atoms with Crippen molar-refractivity contribution in [1.82, 2.24) is 9.97 Å². The Hall–Kier alpha value is -1.42. The van der Waals surface area contributed by atoms with Crippen LogP contribution >= 0.6 is 11.3 Å². The van der Waals surface area contributed by atoms with Crippen molar-refractivity contribution in [3.63, 3.8) is 0 Å². The van der Waals surface area contributed by atoms with E-state index in [9.17, 15) is 0 Å². The summed E-state index contributed by atoms with van der Waals surface area (Å²) in [5.41, 5.74) is -0.178. The molecule has 1 N–H and O–H groups in total. The minimum atomic E-state index is -0.178. The van der Waals surface area contributed by atoms with Crippen LogP contribution in [0.5, 0.6) is 0 Å². The van der Waals surface area contributed by atoms with E-state index < -0.39 is 0 Å². The topological polar surface area (TPSA) is 37.8 Å². The van der Waals surface area contributed by atoms with Gasteiger partial charge in [-0.15, -0.1) is 11.3 Å². The van der Waals surface area contributed by atoms with Crippen LogP contribution in [0.4, 0.5) is 5.82 Å². The molecule has 0 saturated carbocycles. The predicted molar refractivity (Wildman–Crippen MR) is 63.0 cm³/mol. The molecular weight excluding hydrogens is 206 g/mol. The third-order valence-corrected chi connectivity index (χ3v) is 3.17. The number of pyridine rings is 1. The van der Waals surface area contributed by atoms with Gasteiger partial charge in [0.1, 0.15) is 10.8 Å². The molecule has 0 aliphatic rings. The fourth-order valence-corrected chi connectivity index (χ4v) is 2.06. The van der Waals surface area contributed by atoms with Crippen LogP contribution < -0.4 is 5.32 Å². The van der Waals surface area contributed by atoms with Gasteiger partial charge in [0.25, 0.3) is 0 Å². The van der Waals surface area contributed by atoms with E-state index in [2.05, 4.69) is 29.1 Å². The van der Waals surface area contributed by atoms with Crippen LogP contribution in [-0.4, -0.2) is 9.97 Å². The molecule has 0 atom stereocenters. The molecule has 0 fully saturated rings. The maximum absolute atomic E-state index is 4.31. The molecule has 0 spiro atoms. The average Bonchev–Trinajstić information content (AvgIpc) is 2.71. The van der Waals surface area contributed by atoms with E-state index in [0.717, 1.165) is 10.8 Å². The normalized spacial score (nSPS) is 11.3. The summed E-state index contributed by atoms with van der Waals surface area (Å²) in [7, 11) is 0. The molecule has 78 valence electrons. The van der Waals surface area contributed by atoms with Crippen molar-refractivity contribution in [3.05, 3.63) is 41.0 Å². The van der Waals surface area contributed by atoms with E-state index in [1.54, 1.807) is 17.5 Å². The molecule has 0 unspecified atom stereocenters. The highest BCUT2D eigenvalue weighted by molar-refractivity contribution is 7.09. The largest absolute Gasteiger partial charge is 0.359 e. The van der Waals surface area contributed by atoms with Gasteiger partial charge in [0, 0.05) is 17.8 Å². The third kappa shape index (κ3) is 2.33. The Morgan fingerprint density at radius 2 is 2.07 bits per heavy atom. The zero-order valence-corrected chi connectivity index (χ0v) is 9.58. The number of thiazole rings is 1. The quantitative estimate of drug-likeness (QED) is 0.862. The van der Waals surface area contributed by atoms with Gasteiger partial charge < -0.3 is 5.32 Å². The van der Waals surface area contributed by atoms with E-state index in [0.29, 0.717) is 0 Å². The molecule has 0 aliphatic heterocycles. The summed E-state index contributed by atoms with van der Waals surface area (Å²) in [6.45, 7) is 4.20. The Labute approximate surface area is 93.2 Å². The minimum Gasteiger partial charge on any atom is -0.359 e. The van der Waals surface area contributed by atoms with Gasteiger partial charge in [0.05, 0.1) is 5.54 Å². The first-order chi connectivity index (χ1) is 7.18. The highest BCUT2D eigenvalue weighted by atomic mass is 32.1. The molecule has 0 amide bonds. The molecule has 4 heteroatoms. The number of nitrogens with one attached hydrogen (secondary N) is 1. The first-order valence-corrected chi connectivity index (χ1v) is 5.66. The molecule has 2 aromatic heterocycles. The molecule has 15 heavy (non-hydrogen) atoms. The number of hydrogen-bond acceptors (Lipinski definition) is 4. The SMILES string of the molecule is CC(C)(Nc1ccccn1)c1nccs1. The zero-order valence-electron chi connectivity index (χ0n) is 8.77. The lowest BCUT2D eigenvalue weighted by Gasteiger charge is -2.24. The van der Waals surface area contributed by atoms with Crippen molar-refractivity contribution in [2.45, 2.75) is 19.4 Å². The van der Waals surface area contributed by atoms with Crippen molar-refractivity contribution in [3.8, 4) is 0 Å². The lowest BCUT2D eigenvalue weighted by Crippen LogP contribution is -2.28. The molecule has 0 aliphatic carbocycles. The molecular formula is C11H13N3S. The molecule has 0 radical (unpaired) electrons. The number of rotatable bonds is 3. The van der Waals surface area contributed by atoms with Gasteiger partial charge in [-0.05, 0) is 26.0 Å². The standard InChI is InChI=1S/C11H13N3S/c1-11(2,10-13-7-8-15-10)14-9-5-3-4-6-12-9/h3-8H,1-2H3,(H,12,14).